The first kappa shape index (κ1) is 16.8. The quantitative estimate of drug-likeness (QED) is 0.649. The average Bonchev–Trinajstić information content (AvgIpc) is 3.02. The number of anilines is 1. The summed E-state index contributed by atoms with van der Waals surface area (Å²) in [5.41, 5.74) is 2.87. The van der Waals surface area contributed by atoms with Crippen molar-refractivity contribution in [1.29, 1.82) is 0 Å². The molecule has 3 aromatic rings. The van der Waals surface area contributed by atoms with Crippen molar-refractivity contribution < 1.29 is 14.7 Å². The first-order valence-corrected chi connectivity index (χ1v) is 9.24. The largest absolute Gasteiger partial charge is 0.477 e. The van der Waals surface area contributed by atoms with Gasteiger partial charge in [-0.25, -0.2) is 4.79 Å². The van der Waals surface area contributed by atoms with E-state index in [0.29, 0.717) is 22.7 Å². The summed E-state index contributed by atoms with van der Waals surface area (Å²) in [5.74, 6) is -1.27. The Balaban J connectivity index is 1.94. The molecule has 2 aromatic carbocycles. The molecule has 2 heterocycles. The number of nitrogens with one attached hydrogen (secondary N) is 1. The van der Waals surface area contributed by atoms with Crippen LogP contribution in [-0.4, -0.2) is 17.0 Å². The summed E-state index contributed by atoms with van der Waals surface area (Å²) in [7, 11) is 0. The maximum atomic E-state index is 12.4. The number of carbonyl (C=O) groups is 2. The molecule has 1 amide bonds. The van der Waals surface area contributed by atoms with Gasteiger partial charge in [-0.3, -0.25) is 4.79 Å². The second-order valence-electron chi connectivity index (χ2n) is 6.07. The van der Waals surface area contributed by atoms with Gasteiger partial charge in [0.1, 0.15) is 4.88 Å². The number of hydrogen-bond donors (Lipinski definition) is 2. The topological polar surface area (TPSA) is 66.4 Å². The van der Waals surface area contributed by atoms with Gasteiger partial charge in [0, 0.05) is 27.8 Å². The molecule has 0 saturated carbocycles. The van der Waals surface area contributed by atoms with E-state index in [1.807, 2.05) is 30.3 Å². The molecule has 4 rings (SSSR count). The monoisotopic (exact) mass is 383 g/mol. The van der Waals surface area contributed by atoms with Crippen molar-refractivity contribution in [2.45, 2.75) is 12.3 Å². The van der Waals surface area contributed by atoms with Gasteiger partial charge in [0.25, 0.3) is 0 Å². The van der Waals surface area contributed by atoms with E-state index in [0.717, 1.165) is 16.0 Å². The van der Waals surface area contributed by atoms with Crippen LogP contribution in [0.2, 0.25) is 5.02 Å². The van der Waals surface area contributed by atoms with Gasteiger partial charge in [0.2, 0.25) is 5.91 Å². The average molecular weight is 384 g/mol. The Labute approximate surface area is 159 Å². The summed E-state index contributed by atoms with van der Waals surface area (Å²) in [6.07, 6.45) is 0.302. The number of thiophene rings is 1. The SMILES string of the molecule is O=C1C[C@@H](c2ccccc2)c2sc(C(=O)O)c(-c3ccc(Cl)cc3)c2N1. The number of hydrogen-bond acceptors (Lipinski definition) is 3. The summed E-state index contributed by atoms with van der Waals surface area (Å²) in [6.45, 7) is 0. The van der Waals surface area contributed by atoms with Gasteiger partial charge in [-0.1, -0.05) is 54.1 Å². The molecule has 1 aliphatic heterocycles. The Morgan fingerprint density at radius 2 is 1.81 bits per heavy atom. The standard InChI is InChI=1S/C20H14ClNO3S/c21-13-8-6-12(7-9-13)16-17-18(26-19(16)20(24)25)14(10-15(23)22-17)11-4-2-1-3-5-11/h1-9,14H,10H2,(H,22,23)(H,24,25)/t14-/m0/s1. The molecule has 0 bridgehead atoms. The minimum absolute atomic E-state index is 0.115. The Kier molecular flexibility index (Phi) is 4.26. The molecule has 0 aliphatic carbocycles. The van der Waals surface area contributed by atoms with E-state index in [9.17, 15) is 14.7 Å². The summed E-state index contributed by atoms with van der Waals surface area (Å²) >= 11 is 7.19. The third-order valence-electron chi connectivity index (χ3n) is 4.43. The molecule has 130 valence electrons. The molecule has 0 saturated heterocycles. The molecule has 6 heteroatoms. The third-order valence-corrected chi connectivity index (χ3v) is 5.98. The molecule has 1 aromatic heterocycles. The van der Waals surface area contributed by atoms with E-state index < -0.39 is 5.97 Å². The van der Waals surface area contributed by atoms with Crippen molar-refractivity contribution in [3.8, 4) is 11.1 Å². The maximum Gasteiger partial charge on any atom is 0.346 e. The van der Waals surface area contributed by atoms with Gasteiger partial charge in [0.15, 0.2) is 0 Å². The number of halogens is 1. The van der Waals surface area contributed by atoms with Crippen LogP contribution in [0.1, 0.15) is 32.5 Å². The Hall–Kier alpha value is -2.63. The smallest absolute Gasteiger partial charge is 0.346 e. The number of amides is 1. The van der Waals surface area contributed by atoms with Crippen LogP contribution >= 0.6 is 22.9 Å². The van der Waals surface area contributed by atoms with Crippen molar-refractivity contribution in [3.05, 3.63) is 74.9 Å². The molecule has 0 spiro atoms. The maximum absolute atomic E-state index is 12.4. The second-order valence-corrected chi connectivity index (χ2v) is 7.56. The number of carbonyl (C=O) groups excluding carboxylic acids is 1. The van der Waals surface area contributed by atoms with E-state index in [-0.39, 0.29) is 16.7 Å². The molecule has 0 radical (unpaired) electrons. The van der Waals surface area contributed by atoms with Crippen molar-refractivity contribution in [3.63, 3.8) is 0 Å². The van der Waals surface area contributed by atoms with Gasteiger partial charge in [-0.15, -0.1) is 11.3 Å². The summed E-state index contributed by atoms with van der Waals surface area (Å²) in [4.78, 5) is 25.3. The molecular formula is C20H14ClNO3S. The molecule has 0 unspecified atom stereocenters. The minimum Gasteiger partial charge on any atom is -0.477 e. The highest BCUT2D eigenvalue weighted by Crippen LogP contribution is 2.49. The van der Waals surface area contributed by atoms with Crippen molar-refractivity contribution in [2.24, 2.45) is 0 Å². The second kappa shape index (κ2) is 6.59. The number of carboxylic acids is 1. The number of aromatic carboxylic acids is 1. The van der Waals surface area contributed by atoms with E-state index in [1.165, 1.54) is 11.3 Å². The Morgan fingerprint density at radius 1 is 1.12 bits per heavy atom. The Morgan fingerprint density at radius 3 is 2.46 bits per heavy atom. The third kappa shape index (κ3) is 2.89. The van der Waals surface area contributed by atoms with Crippen LogP contribution in [0.15, 0.2) is 54.6 Å². The first-order chi connectivity index (χ1) is 12.5. The predicted octanol–water partition coefficient (Wildman–Crippen LogP) is 5.24. The van der Waals surface area contributed by atoms with E-state index in [4.69, 9.17) is 11.6 Å². The minimum atomic E-state index is -1.00. The molecule has 1 aliphatic rings. The van der Waals surface area contributed by atoms with Crippen molar-refractivity contribution in [2.75, 3.05) is 5.32 Å². The van der Waals surface area contributed by atoms with E-state index >= 15 is 0 Å². The lowest BCUT2D eigenvalue weighted by Gasteiger charge is -2.23. The fourth-order valence-electron chi connectivity index (χ4n) is 3.28. The van der Waals surface area contributed by atoms with Crippen molar-refractivity contribution >= 4 is 40.5 Å². The fraction of sp³-hybridized carbons (Fsp3) is 0.100. The zero-order valence-corrected chi connectivity index (χ0v) is 15.1. The highest BCUT2D eigenvalue weighted by atomic mass is 35.5. The van der Waals surface area contributed by atoms with Gasteiger partial charge < -0.3 is 10.4 Å². The lowest BCUT2D eigenvalue weighted by Crippen LogP contribution is -2.22. The van der Waals surface area contributed by atoms with E-state index in [1.54, 1.807) is 24.3 Å². The molecule has 2 N–H and O–H groups in total. The van der Waals surface area contributed by atoms with Crippen LogP contribution in [0.4, 0.5) is 5.69 Å². The summed E-state index contributed by atoms with van der Waals surface area (Å²) in [5, 5.41) is 13.2. The highest BCUT2D eigenvalue weighted by molar-refractivity contribution is 7.15. The van der Waals surface area contributed by atoms with Crippen LogP contribution < -0.4 is 5.32 Å². The molecular weight excluding hydrogens is 370 g/mol. The van der Waals surface area contributed by atoms with Crippen molar-refractivity contribution in [1.82, 2.24) is 0 Å². The molecule has 1 atom stereocenters. The van der Waals surface area contributed by atoms with E-state index in [2.05, 4.69) is 5.32 Å². The van der Waals surface area contributed by atoms with Crippen LogP contribution in [0.3, 0.4) is 0 Å². The lowest BCUT2D eigenvalue weighted by molar-refractivity contribution is -0.116. The first-order valence-electron chi connectivity index (χ1n) is 8.05. The van der Waals surface area contributed by atoms with Gasteiger partial charge in [-0.2, -0.15) is 0 Å². The summed E-state index contributed by atoms with van der Waals surface area (Å²) in [6, 6.07) is 16.7. The molecule has 26 heavy (non-hydrogen) atoms. The lowest BCUT2D eigenvalue weighted by atomic mass is 9.89. The number of rotatable bonds is 3. The fourth-order valence-corrected chi connectivity index (χ4v) is 4.66. The van der Waals surface area contributed by atoms with Crippen LogP contribution in [0.5, 0.6) is 0 Å². The van der Waals surface area contributed by atoms with Gasteiger partial charge in [-0.05, 0) is 23.3 Å². The molecule has 4 nitrogen and oxygen atoms in total. The zero-order chi connectivity index (χ0) is 18.3. The molecule has 0 fully saturated rings. The van der Waals surface area contributed by atoms with Gasteiger partial charge in [0.05, 0.1) is 5.69 Å². The summed E-state index contributed by atoms with van der Waals surface area (Å²) < 4.78 is 0. The number of fused-ring (bicyclic) bond motifs is 1. The van der Waals surface area contributed by atoms with Crippen LogP contribution in [-0.2, 0) is 4.79 Å². The normalized spacial score (nSPS) is 16.0. The number of benzene rings is 2. The van der Waals surface area contributed by atoms with Gasteiger partial charge >= 0.3 is 5.97 Å². The van der Waals surface area contributed by atoms with Crippen LogP contribution in [0.25, 0.3) is 11.1 Å². The zero-order valence-electron chi connectivity index (χ0n) is 13.5. The Bertz CT molecular complexity index is 996. The highest BCUT2D eigenvalue weighted by Gasteiger charge is 2.34. The number of carboxylic acid groups (broad SMARTS) is 1. The van der Waals surface area contributed by atoms with Crippen LogP contribution in [0, 0.1) is 0 Å². The predicted molar refractivity (Wildman–Crippen MR) is 103 cm³/mol.